The summed E-state index contributed by atoms with van der Waals surface area (Å²) in [6, 6.07) is 7.98. The number of benzene rings is 1. The molecule has 2 nitrogen and oxygen atoms in total. The van der Waals surface area contributed by atoms with Gasteiger partial charge in [-0.3, -0.25) is 0 Å². The molecule has 1 aromatic heterocycles. The number of aryl methyl sites for hydroxylation is 1. The van der Waals surface area contributed by atoms with Crippen molar-refractivity contribution in [3.8, 4) is 0 Å². The van der Waals surface area contributed by atoms with E-state index in [9.17, 15) is 0 Å². The quantitative estimate of drug-likeness (QED) is 0.643. The standard InChI is InChI=1S/C16H23NO/c1-3-4-5-8-13(2)11-12-16-17-14-9-6-7-10-15(14)18-16/h6-7,9-10,13H,3-5,8,11-12H2,1-2H3. The summed E-state index contributed by atoms with van der Waals surface area (Å²) in [5.41, 5.74) is 1.89. The van der Waals surface area contributed by atoms with E-state index in [4.69, 9.17) is 4.42 Å². The minimum atomic E-state index is 0.770. The molecule has 18 heavy (non-hydrogen) atoms. The molecule has 0 saturated heterocycles. The SMILES string of the molecule is CCCCCC(C)CCc1nc2ccccc2o1. The molecule has 0 saturated carbocycles. The molecule has 0 radical (unpaired) electrons. The van der Waals surface area contributed by atoms with Crippen molar-refractivity contribution >= 4 is 11.1 Å². The van der Waals surface area contributed by atoms with Crippen molar-refractivity contribution in [2.24, 2.45) is 5.92 Å². The van der Waals surface area contributed by atoms with Crippen molar-refractivity contribution in [3.63, 3.8) is 0 Å². The second-order valence-corrected chi connectivity index (χ2v) is 5.21. The van der Waals surface area contributed by atoms with Crippen LogP contribution in [0.4, 0.5) is 0 Å². The molecule has 0 spiro atoms. The molecule has 0 N–H and O–H groups in total. The Morgan fingerprint density at radius 2 is 2.00 bits per heavy atom. The summed E-state index contributed by atoms with van der Waals surface area (Å²) in [7, 11) is 0. The molecular weight excluding hydrogens is 222 g/mol. The molecule has 0 bridgehead atoms. The van der Waals surface area contributed by atoms with Gasteiger partial charge in [-0.05, 0) is 24.5 Å². The number of aromatic nitrogens is 1. The summed E-state index contributed by atoms with van der Waals surface area (Å²) in [6.07, 6.45) is 7.48. The zero-order valence-electron chi connectivity index (χ0n) is 11.5. The predicted molar refractivity (Wildman–Crippen MR) is 75.6 cm³/mol. The van der Waals surface area contributed by atoms with Gasteiger partial charge in [0.25, 0.3) is 0 Å². The first-order valence-electron chi connectivity index (χ1n) is 7.14. The molecule has 0 fully saturated rings. The van der Waals surface area contributed by atoms with Crippen LogP contribution in [-0.2, 0) is 6.42 Å². The number of fused-ring (bicyclic) bond motifs is 1. The Morgan fingerprint density at radius 3 is 2.78 bits per heavy atom. The molecule has 1 unspecified atom stereocenters. The Bertz CT molecular complexity index is 442. The van der Waals surface area contributed by atoms with Gasteiger partial charge in [0.15, 0.2) is 11.5 Å². The second-order valence-electron chi connectivity index (χ2n) is 5.21. The summed E-state index contributed by atoms with van der Waals surface area (Å²) in [5.74, 6) is 1.66. The van der Waals surface area contributed by atoms with Crippen molar-refractivity contribution in [1.82, 2.24) is 4.98 Å². The van der Waals surface area contributed by atoms with Crippen molar-refractivity contribution in [2.45, 2.75) is 52.4 Å². The molecule has 0 aliphatic heterocycles. The molecular formula is C16H23NO. The lowest BCUT2D eigenvalue weighted by Crippen LogP contribution is -1.97. The van der Waals surface area contributed by atoms with E-state index in [1.807, 2.05) is 24.3 Å². The summed E-state index contributed by atoms with van der Waals surface area (Å²) < 4.78 is 5.73. The summed E-state index contributed by atoms with van der Waals surface area (Å²) in [4.78, 5) is 4.51. The number of unbranched alkanes of at least 4 members (excludes halogenated alkanes) is 2. The minimum absolute atomic E-state index is 0.770. The number of hydrogen-bond acceptors (Lipinski definition) is 2. The highest BCUT2D eigenvalue weighted by atomic mass is 16.3. The van der Waals surface area contributed by atoms with Crippen LogP contribution in [0.1, 0.15) is 51.8 Å². The Balaban J connectivity index is 1.82. The Morgan fingerprint density at radius 1 is 1.17 bits per heavy atom. The maximum absolute atomic E-state index is 5.73. The van der Waals surface area contributed by atoms with Gasteiger partial charge in [-0.2, -0.15) is 0 Å². The van der Waals surface area contributed by atoms with Crippen LogP contribution in [0.2, 0.25) is 0 Å². The number of para-hydroxylation sites is 2. The highest BCUT2D eigenvalue weighted by molar-refractivity contribution is 5.72. The van der Waals surface area contributed by atoms with Gasteiger partial charge in [0.05, 0.1) is 0 Å². The molecule has 2 aromatic rings. The van der Waals surface area contributed by atoms with E-state index in [0.717, 1.165) is 29.3 Å². The van der Waals surface area contributed by atoms with Gasteiger partial charge in [0.2, 0.25) is 0 Å². The molecule has 2 rings (SSSR count). The zero-order chi connectivity index (χ0) is 12.8. The first-order chi connectivity index (χ1) is 8.79. The zero-order valence-corrected chi connectivity index (χ0v) is 11.5. The van der Waals surface area contributed by atoms with E-state index in [2.05, 4.69) is 18.8 Å². The predicted octanol–water partition coefficient (Wildman–Crippen LogP) is 4.98. The van der Waals surface area contributed by atoms with Gasteiger partial charge >= 0.3 is 0 Å². The Labute approximate surface area is 109 Å². The molecule has 2 heteroatoms. The topological polar surface area (TPSA) is 26.0 Å². The summed E-state index contributed by atoms with van der Waals surface area (Å²) in [6.45, 7) is 4.58. The summed E-state index contributed by atoms with van der Waals surface area (Å²) in [5, 5.41) is 0. The first kappa shape index (κ1) is 13.1. The largest absolute Gasteiger partial charge is 0.441 e. The normalized spacial score (nSPS) is 13.0. The Kier molecular flexibility index (Phi) is 4.80. The second kappa shape index (κ2) is 6.58. The summed E-state index contributed by atoms with van der Waals surface area (Å²) >= 11 is 0. The van der Waals surface area contributed by atoms with Gasteiger partial charge in [0, 0.05) is 6.42 Å². The number of oxazole rings is 1. The van der Waals surface area contributed by atoms with Crippen LogP contribution in [0.3, 0.4) is 0 Å². The third kappa shape index (κ3) is 3.59. The molecule has 0 aliphatic rings. The van der Waals surface area contributed by atoms with Crippen LogP contribution in [0.15, 0.2) is 28.7 Å². The fourth-order valence-electron chi connectivity index (χ4n) is 2.28. The highest BCUT2D eigenvalue weighted by Gasteiger charge is 2.07. The lowest BCUT2D eigenvalue weighted by atomic mass is 9.98. The van der Waals surface area contributed by atoms with Crippen LogP contribution in [-0.4, -0.2) is 4.98 Å². The minimum Gasteiger partial charge on any atom is -0.441 e. The van der Waals surface area contributed by atoms with Crippen LogP contribution in [0.25, 0.3) is 11.1 Å². The highest BCUT2D eigenvalue weighted by Crippen LogP contribution is 2.19. The van der Waals surface area contributed by atoms with E-state index >= 15 is 0 Å². The number of rotatable bonds is 7. The van der Waals surface area contributed by atoms with Crippen molar-refractivity contribution in [3.05, 3.63) is 30.2 Å². The third-order valence-corrected chi connectivity index (χ3v) is 3.49. The molecule has 1 aromatic carbocycles. The molecule has 0 aliphatic carbocycles. The van der Waals surface area contributed by atoms with Crippen molar-refractivity contribution in [2.75, 3.05) is 0 Å². The van der Waals surface area contributed by atoms with Crippen LogP contribution in [0, 0.1) is 5.92 Å². The molecule has 98 valence electrons. The van der Waals surface area contributed by atoms with Crippen LogP contribution < -0.4 is 0 Å². The van der Waals surface area contributed by atoms with Crippen molar-refractivity contribution < 1.29 is 4.42 Å². The first-order valence-corrected chi connectivity index (χ1v) is 7.14. The van der Waals surface area contributed by atoms with Gasteiger partial charge in [-0.25, -0.2) is 4.98 Å². The van der Waals surface area contributed by atoms with E-state index in [0.29, 0.717) is 0 Å². The van der Waals surface area contributed by atoms with E-state index in [1.165, 1.54) is 32.1 Å². The van der Waals surface area contributed by atoms with Gasteiger partial charge in [-0.1, -0.05) is 51.7 Å². The molecule has 1 heterocycles. The van der Waals surface area contributed by atoms with E-state index in [1.54, 1.807) is 0 Å². The van der Waals surface area contributed by atoms with Gasteiger partial charge < -0.3 is 4.42 Å². The third-order valence-electron chi connectivity index (χ3n) is 3.49. The van der Waals surface area contributed by atoms with E-state index in [-0.39, 0.29) is 0 Å². The van der Waals surface area contributed by atoms with Crippen molar-refractivity contribution in [1.29, 1.82) is 0 Å². The van der Waals surface area contributed by atoms with Crippen LogP contribution in [0.5, 0.6) is 0 Å². The smallest absolute Gasteiger partial charge is 0.195 e. The molecule has 0 amide bonds. The maximum Gasteiger partial charge on any atom is 0.195 e. The van der Waals surface area contributed by atoms with E-state index < -0.39 is 0 Å². The van der Waals surface area contributed by atoms with Gasteiger partial charge in [-0.15, -0.1) is 0 Å². The van der Waals surface area contributed by atoms with Gasteiger partial charge in [0.1, 0.15) is 5.52 Å². The maximum atomic E-state index is 5.73. The van der Waals surface area contributed by atoms with Crippen LogP contribution >= 0.6 is 0 Å². The molecule has 1 atom stereocenters. The monoisotopic (exact) mass is 245 g/mol. The number of nitrogens with zero attached hydrogens (tertiary/aromatic N) is 1. The fourth-order valence-corrected chi connectivity index (χ4v) is 2.28. The number of hydrogen-bond donors (Lipinski definition) is 0. The average molecular weight is 245 g/mol. The fraction of sp³-hybridized carbons (Fsp3) is 0.562. The Hall–Kier alpha value is -1.31. The lowest BCUT2D eigenvalue weighted by molar-refractivity contribution is 0.432. The average Bonchev–Trinajstić information content (AvgIpc) is 2.79. The lowest BCUT2D eigenvalue weighted by Gasteiger charge is -2.08.